The summed E-state index contributed by atoms with van der Waals surface area (Å²) in [5, 5.41) is 18.7. The number of hydrogen-bond acceptors (Lipinski definition) is 9. The molecule has 0 radical (unpaired) electrons. The van der Waals surface area contributed by atoms with Crippen LogP contribution in [0.5, 0.6) is 5.75 Å². The van der Waals surface area contributed by atoms with Gasteiger partial charge in [0.1, 0.15) is 34.7 Å². The molecule has 2 heterocycles. The Morgan fingerprint density at radius 2 is 1.64 bits per heavy atom. The van der Waals surface area contributed by atoms with Crippen LogP contribution in [0.1, 0.15) is 71.6 Å². The van der Waals surface area contributed by atoms with Crippen LogP contribution in [-0.4, -0.2) is 46.1 Å². The summed E-state index contributed by atoms with van der Waals surface area (Å²) in [6.45, 7) is 8.47. The second kappa shape index (κ2) is 19.4. The lowest BCUT2D eigenvalue weighted by Crippen LogP contribution is -2.39. The molecule has 3 N–H and O–H groups in total. The lowest BCUT2D eigenvalue weighted by atomic mass is 10.0. The number of fused-ring (bicyclic) bond motifs is 1. The molecule has 6 rings (SSSR count). The Kier molecular flexibility index (Phi) is 13.9. The molecule has 1 aliphatic rings. The van der Waals surface area contributed by atoms with E-state index in [0.717, 1.165) is 20.9 Å². The summed E-state index contributed by atoms with van der Waals surface area (Å²) in [6.07, 6.45) is 2.15. The highest BCUT2D eigenvalue weighted by Gasteiger charge is 2.31. The predicted molar refractivity (Wildman–Crippen MR) is 232 cm³/mol. The van der Waals surface area contributed by atoms with Crippen molar-refractivity contribution in [2.45, 2.75) is 69.4 Å². The molecule has 59 heavy (non-hydrogen) atoms. The van der Waals surface area contributed by atoms with Gasteiger partial charge in [-0.2, -0.15) is 5.26 Å². The molecular weight excluding hydrogens is 783 g/mol. The van der Waals surface area contributed by atoms with Gasteiger partial charge >= 0.3 is 6.09 Å². The molecule has 1 unspecified atom stereocenters. The van der Waals surface area contributed by atoms with Gasteiger partial charge < -0.3 is 30.3 Å². The van der Waals surface area contributed by atoms with Crippen molar-refractivity contribution >= 4 is 63.7 Å². The number of hydrogen-bond donors (Lipinski definition) is 3. The number of thioether (sulfide) groups is 1. The van der Waals surface area contributed by atoms with Gasteiger partial charge in [-0.3, -0.25) is 14.4 Å². The first-order valence-corrected chi connectivity index (χ1v) is 20.8. The second-order valence-corrected chi connectivity index (χ2v) is 17.1. The van der Waals surface area contributed by atoms with E-state index in [9.17, 15) is 24.4 Å². The zero-order valence-electron chi connectivity index (χ0n) is 33.2. The monoisotopic (exact) mass is 827 g/mol. The number of carbonyl (C=O) groups excluding carboxylic acids is 4. The number of amides is 4. The minimum Gasteiger partial charge on any atom is -0.489 e. The van der Waals surface area contributed by atoms with Gasteiger partial charge in [-0.05, 0) is 98.8 Å². The van der Waals surface area contributed by atoms with Crippen molar-refractivity contribution in [3.05, 3.63) is 148 Å². The number of ether oxygens (including phenoxy) is 2. The van der Waals surface area contributed by atoms with Crippen molar-refractivity contribution in [3.63, 3.8) is 0 Å². The molecule has 0 aliphatic carbocycles. The van der Waals surface area contributed by atoms with E-state index in [4.69, 9.17) is 9.47 Å². The highest BCUT2D eigenvalue weighted by Crippen LogP contribution is 2.38. The molecule has 1 atom stereocenters. The van der Waals surface area contributed by atoms with Gasteiger partial charge in [0.05, 0.1) is 17.4 Å². The van der Waals surface area contributed by atoms with E-state index >= 15 is 0 Å². The fourth-order valence-electron chi connectivity index (χ4n) is 6.13. The molecule has 5 aromatic rings. The van der Waals surface area contributed by atoms with Crippen LogP contribution in [0.3, 0.4) is 0 Å². The predicted octanol–water partition coefficient (Wildman–Crippen LogP) is 9.41. The van der Waals surface area contributed by atoms with E-state index in [1.807, 2.05) is 64.1 Å². The van der Waals surface area contributed by atoms with Crippen molar-refractivity contribution < 1.29 is 28.7 Å². The smallest absolute Gasteiger partial charge is 0.410 e. The summed E-state index contributed by atoms with van der Waals surface area (Å²) >= 11 is 2.63. The average Bonchev–Trinajstić information content (AvgIpc) is 3.58. The average molecular weight is 828 g/mol. The zero-order valence-corrected chi connectivity index (χ0v) is 34.9. The summed E-state index contributed by atoms with van der Waals surface area (Å²) in [6, 6.07) is 35.1. The van der Waals surface area contributed by atoms with Crippen molar-refractivity contribution in [2.75, 3.05) is 17.2 Å². The molecule has 302 valence electrons. The highest BCUT2D eigenvalue weighted by atomic mass is 32.2. The Morgan fingerprint density at radius 3 is 2.32 bits per heavy atom. The first-order valence-electron chi connectivity index (χ1n) is 19.2. The van der Waals surface area contributed by atoms with Crippen LogP contribution in [-0.2, 0) is 33.9 Å². The van der Waals surface area contributed by atoms with Crippen LogP contribution >= 0.6 is 23.1 Å². The van der Waals surface area contributed by atoms with Crippen LogP contribution in [0.15, 0.2) is 120 Å². The van der Waals surface area contributed by atoms with Crippen molar-refractivity contribution in [2.24, 2.45) is 0 Å². The number of anilines is 2. The lowest BCUT2D eigenvalue weighted by molar-refractivity contribution is -0.116. The molecule has 1 aliphatic heterocycles. The Hall–Kier alpha value is -6.36. The van der Waals surface area contributed by atoms with Gasteiger partial charge in [0.15, 0.2) is 0 Å². The van der Waals surface area contributed by atoms with Gasteiger partial charge in [-0.25, -0.2) is 4.79 Å². The van der Waals surface area contributed by atoms with E-state index in [1.165, 1.54) is 23.1 Å². The first-order chi connectivity index (χ1) is 28.4. The Morgan fingerprint density at radius 1 is 0.932 bits per heavy atom. The standard InChI is InChI=1S/C46H45N5O6S2/c1-5-39(43(54)50-44-37(27-47)36-23-24-51(28-40(36)59-44)45(55)57-46(2,3)4)58-35-18-12-17-33(26-35)48-42(53)38(49-41(52)32-15-10-7-11-16-32)25-30-19-21-34(22-20-30)56-29-31-13-8-6-9-14-31/h6-22,25-26,39H,5,23-24,28-29H2,1-4H3,(H,48,53)(H,49,52)(H,50,54)/b38-25+. The maximum absolute atomic E-state index is 13.8. The normalized spacial score (nSPS) is 13.0. The third-order valence-electron chi connectivity index (χ3n) is 9.06. The third-order valence-corrected chi connectivity index (χ3v) is 11.5. The first kappa shape index (κ1) is 42.3. The Bertz CT molecular complexity index is 2370. The maximum atomic E-state index is 13.8. The number of nitriles is 1. The van der Waals surface area contributed by atoms with Gasteiger partial charge in [-0.1, -0.05) is 73.7 Å². The van der Waals surface area contributed by atoms with E-state index in [0.29, 0.717) is 65.7 Å². The van der Waals surface area contributed by atoms with Gasteiger partial charge in [0.2, 0.25) is 5.91 Å². The minimum absolute atomic E-state index is 0.0295. The summed E-state index contributed by atoms with van der Waals surface area (Å²) in [4.78, 5) is 56.7. The molecule has 0 saturated carbocycles. The van der Waals surface area contributed by atoms with E-state index < -0.39 is 28.8 Å². The number of carbonyl (C=O) groups is 4. The number of nitrogens with zero attached hydrogens (tertiary/aromatic N) is 2. The SMILES string of the molecule is CCC(Sc1cccc(NC(=O)/C(=C\c2ccc(OCc3ccccc3)cc2)NC(=O)c2ccccc2)c1)C(=O)Nc1sc2c(c1C#N)CCN(C(=O)OC(C)(C)C)C2. The van der Waals surface area contributed by atoms with Crippen LogP contribution in [0.2, 0.25) is 0 Å². The largest absolute Gasteiger partial charge is 0.489 e. The molecular formula is C46H45N5O6S2. The molecule has 11 nitrogen and oxygen atoms in total. The van der Waals surface area contributed by atoms with Crippen molar-refractivity contribution in [3.8, 4) is 11.8 Å². The van der Waals surface area contributed by atoms with Crippen molar-refractivity contribution in [1.29, 1.82) is 5.26 Å². The van der Waals surface area contributed by atoms with Gasteiger partial charge in [0.25, 0.3) is 11.8 Å². The van der Waals surface area contributed by atoms with E-state index in [1.54, 1.807) is 83.8 Å². The number of nitrogens with one attached hydrogen (secondary N) is 3. The Labute approximate surface area is 352 Å². The van der Waals surface area contributed by atoms with Crippen LogP contribution < -0.4 is 20.7 Å². The molecule has 4 amide bonds. The van der Waals surface area contributed by atoms with Crippen LogP contribution in [0.4, 0.5) is 15.5 Å². The summed E-state index contributed by atoms with van der Waals surface area (Å²) in [5.41, 5.74) is 3.23. The third kappa shape index (κ3) is 11.6. The zero-order chi connectivity index (χ0) is 41.9. The number of thiophene rings is 1. The topological polar surface area (TPSA) is 150 Å². The fourth-order valence-corrected chi connectivity index (χ4v) is 8.36. The van der Waals surface area contributed by atoms with Crippen LogP contribution in [0.25, 0.3) is 6.08 Å². The molecule has 0 saturated heterocycles. The minimum atomic E-state index is -0.630. The summed E-state index contributed by atoms with van der Waals surface area (Å²) in [7, 11) is 0. The molecule has 0 fully saturated rings. The highest BCUT2D eigenvalue weighted by molar-refractivity contribution is 8.00. The lowest BCUT2D eigenvalue weighted by Gasteiger charge is -2.29. The molecule has 0 spiro atoms. The number of benzene rings is 4. The molecule has 0 bridgehead atoms. The van der Waals surface area contributed by atoms with E-state index in [2.05, 4.69) is 22.0 Å². The number of rotatable bonds is 13. The van der Waals surface area contributed by atoms with Crippen molar-refractivity contribution in [1.82, 2.24) is 10.2 Å². The van der Waals surface area contributed by atoms with Crippen LogP contribution in [0, 0.1) is 11.3 Å². The van der Waals surface area contributed by atoms with Gasteiger partial charge in [0, 0.05) is 27.6 Å². The Balaban J connectivity index is 1.13. The molecule has 13 heteroatoms. The molecule has 1 aromatic heterocycles. The van der Waals surface area contributed by atoms with E-state index in [-0.39, 0.29) is 11.6 Å². The quantitative estimate of drug-likeness (QED) is 0.0785. The van der Waals surface area contributed by atoms with Gasteiger partial charge in [-0.15, -0.1) is 23.1 Å². The maximum Gasteiger partial charge on any atom is 0.410 e. The summed E-state index contributed by atoms with van der Waals surface area (Å²) in [5.74, 6) is -0.592. The fraction of sp³-hybridized carbons (Fsp3) is 0.239. The summed E-state index contributed by atoms with van der Waals surface area (Å²) < 4.78 is 11.5. The second-order valence-electron chi connectivity index (χ2n) is 14.7. The molecule has 4 aromatic carbocycles.